The number of anilines is 1. The number of amides is 1. The van der Waals surface area contributed by atoms with Crippen LogP contribution in [0.1, 0.15) is 12.6 Å². The van der Waals surface area contributed by atoms with Gasteiger partial charge in [-0.2, -0.15) is 0 Å². The lowest BCUT2D eigenvalue weighted by molar-refractivity contribution is -0.113. The Labute approximate surface area is 175 Å². The lowest BCUT2D eigenvalue weighted by atomic mass is 10.2. The van der Waals surface area contributed by atoms with E-state index in [0.29, 0.717) is 18.1 Å². The minimum Gasteiger partial charge on any atom is -0.494 e. The van der Waals surface area contributed by atoms with Crippen LogP contribution in [0.4, 0.5) is 5.69 Å². The highest BCUT2D eigenvalue weighted by Crippen LogP contribution is 2.27. The second-order valence-corrected chi connectivity index (χ2v) is 8.32. The second kappa shape index (κ2) is 9.92. The first-order valence-corrected chi connectivity index (χ1v) is 11.3. The SMILES string of the molecule is CCOc1ccc(-c2nc(CSCC(=O)Nc3ccccc3Br)cs2)cc1. The van der Waals surface area contributed by atoms with Gasteiger partial charge in [-0.15, -0.1) is 23.1 Å². The standard InChI is InChI=1S/C20H19BrN2O2S2/c1-2-25-16-9-7-14(8-10-16)20-22-15(12-27-20)11-26-13-19(24)23-18-6-4-3-5-17(18)21/h3-10,12H,2,11,13H2,1H3,(H,23,24). The molecule has 3 rings (SSSR count). The van der Waals surface area contributed by atoms with E-state index in [1.54, 1.807) is 23.1 Å². The predicted octanol–water partition coefficient (Wildman–Crippen LogP) is 5.84. The first kappa shape index (κ1) is 19.9. The summed E-state index contributed by atoms with van der Waals surface area (Å²) in [5.74, 6) is 1.94. The van der Waals surface area contributed by atoms with E-state index < -0.39 is 0 Å². The van der Waals surface area contributed by atoms with Crippen molar-refractivity contribution in [3.8, 4) is 16.3 Å². The van der Waals surface area contributed by atoms with E-state index in [4.69, 9.17) is 4.74 Å². The van der Waals surface area contributed by atoms with E-state index in [-0.39, 0.29) is 5.91 Å². The van der Waals surface area contributed by atoms with E-state index in [1.165, 1.54) is 0 Å². The van der Waals surface area contributed by atoms with Gasteiger partial charge in [0.15, 0.2) is 0 Å². The van der Waals surface area contributed by atoms with Gasteiger partial charge in [-0.25, -0.2) is 4.98 Å². The Hall–Kier alpha value is -1.83. The van der Waals surface area contributed by atoms with Crippen molar-refractivity contribution >= 4 is 50.6 Å². The number of para-hydroxylation sites is 1. The number of rotatable bonds is 8. The molecule has 1 aromatic heterocycles. The number of thioether (sulfide) groups is 1. The van der Waals surface area contributed by atoms with Crippen LogP contribution in [-0.2, 0) is 10.5 Å². The molecular weight excluding hydrogens is 444 g/mol. The van der Waals surface area contributed by atoms with Crippen LogP contribution in [0.3, 0.4) is 0 Å². The lowest BCUT2D eigenvalue weighted by Crippen LogP contribution is -2.14. The van der Waals surface area contributed by atoms with Gasteiger partial charge in [0.25, 0.3) is 0 Å². The summed E-state index contributed by atoms with van der Waals surface area (Å²) in [4.78, 5) is 16.8. The normalized spacial score (nSPS) is 10.6. The average Bonchev–Trinajstić information content (AvgIpc) is 3.13. The number of hydrogen-bond donors (Lipinski definition) is 1. The Balaban J connectivity index is 1.49. The highest BCUT2D eigenvalue weighted by molar-refractivity contribution is 9.10. The molecule has 1 N–H and O–H groups in total. The molecule has 0 spiro atoms. The fraction of sp³-hybridized carbons (Fsp3) is 0.200. The number of aromatic nitrogens is 1. The Bertz CT molecular complexity index is 897. The molecule has 140 valence electrons. The molecule has 4 nitrogen and oxygen atoms in total. The van der Waals surface area contributed by atoms with Gasteiger partial charge in [-0.1, -0.05) is 12.1 Å². The number of hydrogen-bond acceptors (Lipinski definition) is 5. The third kappa shape index (κ3) is 5.82. The van der Waals surface area contributed by atoms with Crippen molar-refractivity contribution in [1.82, 2.24) is 4.98 Å². The molecule has 0 atom stereocenters. The van der Waals surface area contributed by atoms with E-state index in [9.17, 15) is 4.79 Å². The molecule has 2 aromatic carbocycles. The minimum absolute atomic E-state index is 0.0196. The zero-order valence-electron chi connectivity index (χ0n) is 14.8. The number of nitrogens with one attached hydrogen (secondary N) is 1. The molecular formula is C20H19BrN2O2S2. The number of thiazole rings is 1. The molecule has 0 aliphatic rings. The zero-order valence-corrected chi connectivity index (χ0v) is 18.0. The minimum atomic E-state index is -0.0196. The molecule has 1 amide bonds. The Morgan fingerprint density at radius 3 is 2.74 bits per heavy atom. The number of nitrogens with zero attached hydrogens (tertiary/aromatic N) is 1. The molecule has 0 radical (unpaired) electrons. The molecule has 0 bridgehead atoms. The van der Waals surface area contributed by atoms with Gasteiger partial charge in [-0.05, 0) is 59.3 Å². The number of benzene rings is 2. The molecule has 0 aliphatic carbocycles. The van der Waals surface area contributed by atoms with Gasteiger partial charge < -0.3 is 10.1 Å². The number of carbonyl (C=O) groups excluding carboxylic acids is 1. The molecule has 0 saturated heterocycles. The Kier molecular flexibility index (Phi) is 7.32. The molecule has 0 aliphatic heterocycles. The topological polar surface area (TPSA) is 51.2 Å². The van der Waals surface area contributed by atoms with Crippen LogP contribution in [-0.4, -0.2) is 23.3 Å². The highest BCUT2D eigenvalue weighted by Gasteiger charge is 2.08. The molecule has 0 saturated carbocycles. The third-order valence-electron chi connectivity index (χ3n) is 3.60. The summed E-state index contributed by atoms with van der Waals surface area (Å²) in [6.07, 6.45) is 0. The lowest BCUT2D eigenvalue weighted by Gasteiger charge is -2.06. The van der Waals surface area contributed by atoms with Crippen LogP contribution in [0.15, 0.2) is 58.4 Å². The summed E-state index contributed by atoms with van der Waals surface area (Å²) < 4.78 is 6.34. The van der Waals surface area contributed by atoms with Crippen molar-refractivity contribution in [2.75, 3.05) is 17.7 Å². The fourth-order valence-electron chi connectivity index (χ4n) is 2.36. The van der Waals surface area contributed by atoms with E-state index in [1.807, 2.05) is 60.8 Å². The molecule has 3 aromatic rings. The van der Waals surface area contributed by atoms with Crippen LogP contribution < -0.4 is 10.1 Å². The summed E-state index contributed by atoms with van der Waals surface area (Å²) in [7, 11) is 0. The van der Waals surface area contributed by atoms with Crippen molar-refractivity contribution in [3.63, 3.8) is 0 Å². The predicted molar refractivity (Wildman–Crippen MR) is 118 cm³/mol. The first-order valence-electron chi connectivity index (χ1n) is 8.45. The van der Waals surface area contributed by atoms with Crippen molar-refractivity contribution < 1.29 is 9.53 Å². The summed E-state index contributed by atoms with van der Waals surface area (Å²) in [5.41, 5.74) is 2.85. The largest absolute Gasteiger partial charge is 0.494 e. The van der Waals surface area contributed by atoms with Gasteiger partial charge in [0.2, 0.25) is 5.91 Å². The van der Waals surface area contributed by atoms with Crippen LogP contribution >= 0.6 is 39.0 Å². The van der Waals surface area contributed by atoms with Gasteiger partial charge in [0, 0.05) is 21.2 Å². The smallest absolute Gasteiger partial charge is 0.234 e. The van der Waals surface area contributed by atoms with Crippen molar-refractivity contribution in [3.05, 3.63) is 64.1 Å². The van der Waals surface area contributed by atoms with Gasteiger partial charge >= 0.3 is 0 Å². The third-order valence-corrected chi connectivity index (χ3v) is 6.19. The van der Waals surface area contributed by atoms with Gasteiger partial charge in [0.05, 0.1) is 23.7 Å². The fourth-order valence-corrected chi connectivity index (χ4v) is 4.40. The molecule has 0 unspecified atom stereocenters. The quantitative estimate of drug-likeness (QED) is 0.456. The van der Waals surface area contributed by atoms with Crippen molar-refractivity contribution in [2.24, 2.45) is 0 Å². The van der Waals surface area contributed by atoms with Crippen LogP contribution in [0.5, 0.6) is 5.75 Å². The molecule has 1 heterocycles. The second-order valence-electron chi connectivity index (χ2n) is 5.62. The summed E-state index contributed by atoms with van der Waals surface area (Å²) in [6.45, 7) is 2.63. The molecule has 27 heavy (non-hydrogen) atoms. The first-order chi connectivity index (χ1) is 13.2. The average molecular weight is 463 g/mol. The number of halogens is 1. The van der Waals surface area contributed by atoms with Crippen LogP contribution in [0.25, 0.3) is 10.6 Å². The van der Waals surface area contributed by atoms with Crippen molar-refractivity contribution in [1.29, 1.82) is 0 Å². The Morgan fingerprint density at radius 1 is 1.22 bits per heavy atom. The summed E-state index contributed by atoms with van der Waals surface area (Å²) in [6, 6.07) is 15.5. The maximum Gasteiger partial charge on any atom is 0.234 e. The molecule has 0 fully saturated rings. The van der Waals surface area contributed by atoms with Crippen LogP contribution in [0, 0.1) is 0 Å². The zero-order chi connectivity index (χ0) is 19.1. The summed E-state index contributed by atoms with van der Waals surface area (Å²) >= 11 is 6.60. The monoisotopic (exact) mass is 462 g/mol. The van der Waals surface area contributed by atoms with Crippen molar-refractivity contribution in [2.45, 2.75) is 12.7 Å². The van der Waals surface area contributed by atoms with Gasteiger partial charge in [0.1, 0.15) is 10.8 Å². The maximum atomic E-state index is 12.1. The summed E-state index contributed by atoms with van der Waals surface area (Å²) in [5, 5.41) is 5.93. The van der Waals surface area contributed by atoms with E-state index in [2.05, 4.69) is 26.2 Å². The number of ether oxygens (including phenoxy) is 1. The van der Waals surface area contributed by atoms with E-state index >= 15 is 0 Å². The highest BCUT2D eigenvalue weighted by atomic mass is 79.9. The number of carbonyl (C=O) groups is 1. The van der Waals surface area contributed by atoms with E-state index in [0.717, 1.165) is 32.2 Å². The van der Waals surface area contributed by atoms with Crippen LogP contribution in [0.2, 0.25) is 0 Å². The Morgan fingerprint density at radius 2 is 2.00 bits per heavy atom. The maximum absolute atomic E-state index is 12.1. The van der Waals surface area contributed by atoms with Gasteiger partial charge in [-0.3, -0.25) is 4.79 Å². The molecule has 7 heteroatoms.